The lowest BCUT2D eigenvalue weighted by Gasteiger charge is -2.31. The Morgan fingerprint density at radius 3 is 2.23 bits per heavy atom. The third kappa shape index (κ3) is 6.03. The molecular formula is C27H40BrNO2. The van der Waals surface area contributed by atoms with E-state index in [-0.39, 0.29) is 28.4 Å². The van der Waals surface area contributed by atoms with Crippen LogP contribution in [0.1, 0.15) is 84.1 Å². The van der Waals surface area contributed by atoms with E-state index >= 15 is 0 Å². The second-order valence-corrected chi connectivity index (χ2v) is 9.43. The quantitative estimate of drug-likeness (QED) is 0.240. The number of carbonyl (C=O) groups is 1. The molecule has 0 fully saturated rings. The Bertz CT molecular complexity index is 848. The van der Waals surface area contributed by atoms with Crippen molar-refractivity contribution < 1.29 is 9.53 Å². The Balaban J connectivity index is 0.00000341. The van der Waals surface area contributed by atoms with Crippen LogP contribution in [0.25, 0.3) is 10.8 Å². The molecule has 1 atom stereocenters. The zero-order chi connectivity index (χ0) is 21.6. The molecule has 31 heavy (non-hydrogen) atoms. The molecule has 0 saturated carbocycles. The number of hydrogen-bond acceptors (Lipinski definition) is 3. The summed E-state index contributed by atoms with van der Waals surface area (Å²) in [5.41, 5.74) is 3.14. The van der Waals surface area contributed by atoms with E-state index in [2.05, 4.69) is 66.8 Å². The number of halogens is 1. The molecule has 172 valence electrons. The van der Waals surface area contributed by atoms with E-state index in [9.17, 15) is 4.79 Å². The average molecular weight is 491 g/mol. The largest absolute Gasteiger partial charge is 0.469 e. The van der Waals surface area contributed by atoms with E-state index in [0.717, 1.165) is 19.4 Å². The summed E-state index contributed by atoms with van der Waals surface area (Å²) in [7, 11) is 1.47. The van der Waals surface area contributed by atoms with Crippen molar-refractivity contribution in [3.8, 4) is 0 Å². The van der Waals surface area contributed by atoms with Crippen molar-refractivity contribution in [2.24, 2.45) is 0 Å². The maximum absolute atomic E-state index is 11.1. The van der Waals surface area contributed by atoms with Crippen molar-refractivity contribution in [2.75, 3.05) is 18.6 Å². The third-order valence-corrected chi connectivity index (χ3v) is 7.13. The minimum atomic E-state index is -0.0797. The Hall–Kier alpha value is -1.55. The highest BCUT2D eigenvalue weighted by atomic mass is 79.9. The van der Waals surface area contributed by atoms with E-state index in [4.69, 9.17) is 0 Å². The predicted molar refractivity (Wildman–Crippen MR) is 138 cm³/mol. The van der Waals surface area contributed by atoms with Crippen LogP contribution in [-0.4, -0.2) is 25.7 Å². The van der Waals surface area contributed by atoms with Crippen LogP contribution in [0.4, 0.5) is 5.69 Å². The number of rotatable bonds is 11. The molecule has 0 amide bonds. The van der Waals surface area contributed by atoms with Crippen molar-refractivity contribution in [1.29, 1.82) is 0 Å². The van der Waals surface area contributed by atoms with Crippen LogP contribution in [-0.2, 0) is 14.9 Å². The normalized spacial score (nSPS) is 16.8. The first-order valence-corrected chi connectivity index (χ1v) is 11.8. The molecule has 0 spiro atoms. The number of unbranched alkanes of at least 4 members (excludes halogenated alkanes) is 7. The van der Waals surface area contributed by atoms with Gasteiger partial charge in [-0.3, -0.25) is 4.79 Å². The fraction of sp³-hybridized carbons (Fsp3) is 0.593. The molecule has 2 aromatic carbocycles. The predicted octanol–water partition coefficient (Wildman–Crippen LogP) is 7.59. The molecule has 1 heterocycles. The van der Waals surface area contributed by atoms with Gasteiger partial charge in [-0.2, -0.15) is 0 Å². The summed E-state index contributed by atoms with van der Waals surface area (Å²) in [4.78, 5) is 13.8. The molecule has 0 aromatic heterocycles. The van der Waals surface area contributed by atoms with Gasteiger partial charge >= 0.3 is 5.97 Å². The van der Waals surface area contributed by atoms with Gasteiger partial charge in [-0.05, 0) is 42.2 Å². The molecule has 0 bridgehead atoms. The van der Waals surface area contributed by atoms with Crippen LogP contribution in [0.5, 0.6) is 0 Å². The molecule has 1 aliphatic heterocycles. The van der Waals surface area contributed by atoms with Gasteiger partial charge in [0, 0.05) is 30.1 Å². The topological polar surface area (TPSA) is 29.5 Å². The third-order valence-electron chi connectivity index (χ3n) is 7.13. The maximum Gasteiger partial charge on any atom is 0.305 e. The second kappa shape index (κ2) is 11.9. The summed E-state index contributed by atoms with van der Waals surface area (Å²) in [6.07, 6.45) is 10.4. The van der Waals surface area contributed by atoms with E-state index in [1.165, 1.54) is 67.7 Å². The first-order valence-electron chi connectivity index (χ1n) is 11.8. The van der Waals surface area contributed by atoms with Crippen LogP contribution in [0.2, 0.25) is 0 Å². The highest BCUT2D eigenvalue weighted by Crippen LogP contribution is 2.48. The number of hydrogen-bond donors (Lipinski definition) is 0. The summed E-state index contributed by atoms with van der Waals surface area (Å²) < 4.78 is 4.68. The van der Waals surface area contributed by atoms with Crippen molar-refractivity contribution in [3.05, 3.63) is 42.0 Å². The number of esters is 1. The van der Waals surface area contributed by atoms with E-state index in [1.807, 2.05) is 0 Å². The molecule has 3 rings (SSSR count). The minimum Gasteiger partial charge on any atom is -0.469 e. The Labute approximate surface area is 199 Å². The number of carbonyl (C=O) groups excluding carboxylic acids is 1. The van der Waals surface area contributed by atoms with Gasteiger partial charge in [-0.25, -0.2) is 0 Å². The van der Waals surface area contributed by atoms with Gasteiger partial charge in [-0.15, -0.1) is 17.0 Å². The lowest BCUT2D eigenvalue weighted by Crippen LogP contribution is -2.39. The van der Waals surface area contributed by atoms with Gasteiger partial charge < -0.3 is 9.64 Å². The van der Waals surface area contributed by atoms with Crippen molar-refractivity contribution in [1.82, 2.24) is 0 Å². The molecule has 3 nitrogen and oxygen atoms in total. The van der Waals surface area contributed by atoms with Crippen molar-refractivity contribution >= 4 is 39.4 Å². The van der Waals surface area contributed by atoms with Crippen molar-refractivity contribution in [2.45, 2.75) is 90.0 Å². The molecule has 4 heteroatoms. The fourth-order valence-corrected chi connectivity index (χ4v) is 5.01. The van der Waals surface area contributed by atoms with Crippen LogP contribution in [0.15, 0.2) is 36.4 Å². The lowest BCUT2D eigenvalue weighted by atomic mass is 9.79. The molecule has 2 aromatic rings. The fourth-order valence-electron chi connectivity index (χ4n) is 5.01. The summed E-state index contributed by atoms with van der Waals surface area (Å²) >= 11 is 0. The van der Waals surface area contributed by atoms with Gasteiger partial charge in [-0.1, -0.05) is 82.7 Å². The van der Waals surface area contributed by atoms with Crippen LogP contribution in [0, 0.1) is 0 Å². The van der Waals surface area contributed by atoms with E-state index < -0.39 is 0 Å². The standard InChI is InChI=1S/C27H39NO2.BrH/c1-21-27(2,3)26-23-16-13-12-15-22(23)18-19-24(26)28(21)20-14-10-8-6-5-7-9-11-17-25(29)30-4;/h12-13,15-16,18-19,21H,5-11,14,17,20H2,1-4H3;1H. The molecule has 1 unspecified atom stereocenters. The number of methoxy groups -OCH3 is 1. The SMILES string of the molecule is Br.COC(=O)CCCCCCCCCCN1c2ccc3ccccc3c2C(C)(C)C1C. The molecule has 0 N–H and O–H groups in total. The minimum absolute atomic E-state index is 0. The van der Waals surface area contributed by atoms with Crippen LogP contribution < -0.4 is 4.90 Å². The number of ether oxygens (including phenoxy) is 1. The number of anilines is 1. The monoisotopic (exact) mass is 489 g/mol. The van der Waals surface area contributed by atoms with Crippen molar-refractivity contribution in [3.63, 3.8) is 0 Å². The Morgan fingerprint density at radius 1 is 0.935 bits per heavy atom. The second-order valence-electron chi connectivity index (χ2n) is 9.43. The van der Waals surface area contributed by atoms with Gasteiger partial charge in [0.15, 0.2) is 0 Å². The summed E-state index contributed by atoms with van der Waals surface area (Å²) in [6, 6.07) is 14.0. The van der Waals surface area contributed by atoms with Gasteiger partial charge in [0.25, 0.3) is 0 Å². The Kier molecular flexibility index (Phi) is 9.87. The van der Waals surface area contributed by atoms with E-state index in [0.29, 0.717) is 12.5 Å². The van der Waals surface area contributed by atoms with Gasteiger partial charge in [0.05, 0.1) is 7.11 Å². The molecule has 0 radical (unpaired) electrons. The maximum atomic E-state index is 11.1. The summed E-state index contributed by atoms with van der Waals surface area (Å²) in [5, 5.41) is 2.77. The van der Waals surface area contributed by atoms with Gasteiger partial charge in [0.2, 0.25) is 0 Å². The molecule has 0 aliphatic carbocycles. The first kappa shape index (κ1) is 25.7. The average Bonchev–Trinajstić information content (AvgIpc) is 2.95. The number of benzene rings is 2. The molecular weight excluding hydrogens is 450 g/mol. The smallest absolute Gasteiger partial charge is 0.305 e. The summed E-state index contributed by atoms with van der Waals surface area (Å²) in [6.45, 7) is 8.35. The summed E-state index contributed by atoms with van der Waals surface area (Å²) in [5.74, 6) is -0.0797. The van der Waals surface area contributed by atoms with Gasteiger partial charge in [0.1, 0.15) is 0 Å². The van der Waals surface area contributed by atoms with Crippen LogP contribution >= 0.6 is 17.0 Å². The lowest BCUT2D eigenvalue weighted by molar-refractivity contribution is -0.140. The highest BCUT2D eigenvalue weighted by molar-refractivity contribution is 8.93. The zero-order valence-corrected chi connectivity index (χ0v) is 21.5. The molecule has 1 aliphatic rings. The highest BCUT2D eigenvalue weighted by Gasteiger charge is 2.42. The van der Waals surface area contributed by atoms with E-state index in [1.54, 1.807) is 0 Å². The first-order chi connectivity index (χ1) is 14.5. The van der Waals surface area contributed by atoms with Crippen LogP contribution in [0.3, 0.4) is 0 Å². The number of nitrogens with zero attached hydrogens (tertiary/aromatic N) is 1. The zero-order valence-electron chi connectivity index (χ0n) is 19.8. The Morgan fingerprint density at radius 2 is 1.55 bits per heavy atom. The molecule has 0 saturated heterocycles. The number of fused-ring (bicyclic) bond motifs is 3.